The molecule has 5 heteroatoms. The standard InChI is InChI=1S/C16H19BrN2O2/c1-11(2)16-18-13(10-15(17)19-16)12-6-4-5-7-14(12)21-9-8-20-3/h4-7,10-11H,8-9H2,1-3H3. The minimum Gasteiger partial charge on any atom is -0.490 e. The molecule has 2 aromatic rings. The first kappa shape index (κ1) is 15.9. The van der Waals surface area contributed by atoms with Gasteiger partial charge in [-0.1, -0.05) is 26.0 Å². The molecule has 0 spiro atoms. The Balaban J connectivity index is 2.37. The van der Waals surface area contributed by atoms with Crippen LogP contribution in [0.5, 0.6) is 5.75 Å². The predicted molar refractivity (Wildman–Crippen MR) is 86.6 cm³/mol. The van der Waals surface area contributed by atoms with Gasteiger partial charge in [0.1, 0.15) is 22.8 Å². The van der Waals surface area contributed by atoms with E-state index in [-0.39, 0.29) is 5.92 Å². The molecule has 1 heterocycles. The fourth-order valence-corrected chi connectivity index (χ4v) is 2.27. The first-order valence-electron chi connectivity index (χ1n) is 6.87. The van der Waals surface area contributed by atoms with Crippen LogP contribution in [0.4, 0.5) is 0 Å². The van der Waals surface area contributed by atoms with Crippen molar-refractivity contribution in [3.8, 4) is 17.0 Å². The first-order valence-corrected chi connectivity index (χ1v) is 7.66. The lowest BCUT2D eigenvalue weighted by Crippen LogP contribution is -2.06. The fraction of sp³-hybridized carbons (Fsp3) is 0.375. The van der Waals surface area contributed by atoms with Crippen LogP contribution in [-0.2, 0) is 4.74 Å². The van der Waals surface area contributed by atoms with Crippen molar-refractivity contribution >= 4 is 15.9 Å². The summed E-state index contributed by atoms with van der Waals surface area (Å²) in [6, 6.07) is 9.77. The molecule has 2 rings (SSSR count). The highest BCUT2D eigenvalue weighted by Crippen LogP contribution is 2.30. The molecule has 0 atom stereocenters. The Bertz CT molecular complexity index is 603. The minimum absolute atomic E-state index is 0.267. The molecule has 112 valence electrons. The zero-order valence-electron chi connectivity index (χ0n) is 12.5. The van der Waals surface area contributed by atoms with E-state index in [1.54, 1.807) is 7.11 Å². The lowest BCUT2D eigenvalue weighted by atomic mass is 10.1. The molecule has 0 aliphatic carbocycles. The van der Waals surface area contributed by atoms with Crippen LogP contribution in [-0.4, -0.2) is 30.3 Å². The van der Waals surface area contributed by atoms with E-state index >= 15 is 0 Å². The summed E-state index contributed by atoms with van der Waals surface area (Å²) in [6.07, 6.45) is 0. The first-order chi connectivity index (χ1) is 10.1. The Hall–Kier alpha value is -1.46. The lowest BCUT2D eigenvalue weighted by Gasteiger charge is -2.12. The Kier molecular flexibility index (Phi) is 5.70. The largest absolute Gasteiger partial charge is 0.490 e. The van der Waals surface area contributed by atoms with Crippen LogP contribution in [0.15, 0.2) is 34.9 Å². The maximum absolute atomic E-state index is 5.77. The summed E-state index contributed by atoms with van der Waals surface area (Å²) in [5.41, 5.74) is 1.81. The maximum Gasteiger partial charge on any atom is 0.132 e. The van der Waals surface area contributed by atoms with Gasteiger partial charge in [0.15, 0.2) is 0 Å². The van der Waals surface area contributed by atoms with Crippen molar-refractivity contribution in [1.82, 2.24) is 9.97 Å². The molecular weight excluding hydrogens is 332 g/mol. The number of ether oxygens (including phenoxy) is 2. The van der Waals surface area contributed by atoms with Crippen molar-refractivity contribution < 1.29 is 9.47 Å². The summed E-state index contributed by atoms with van der Waals surface area (Å²) in [6.45, 7) is 5.22. The monoisotopic (exact) mass is 350 g/mol. The minimum atomic E-state index is 0.267. The van der Waals surface area contributed by atoms with Crippen LogP contribution in [0.2, 0.25) is 0 Å². The normalized spacial score (nSPS) is 10.9. The summed E-state index contributed by atoms with van der Waals surface area (Å²) in [5.74, 6) is 1.88. The number of benzene rings is 1. The van der Waals surface area contributed by atoms with Gasteiger partial charge in [-0.25, -0.2) is 9.97 Å². The lowest BCUT2D eigenvalue weighted by molar-refractivity contribution is 0.146. The van der Waals surface area contributed by atoms with Crippen molar-refractivity contribution in [3.63, 3.8) is 0 Å². The molecule has 0 fully saturated rings. The van der Waals surface area contributed by atoms with Crippen molar-refractivity contribution in [3.05, 3.63) is 40.8 Å². The molecule has 0 N–H and O–H groups in total. The molecule has 1 aromatic heterocycles. The van der Waals surface area contributed by atoms with E-state index in [1.807, 2.05) is 30.3 Å². The van der Waals surface area contributed by atoms with Crippen LogP contribution in [0.25, 0.3) is 11.3 Å². The van der Waals surface area contributed by atoms with Gasteiger partial charge >= 0.3 is 0 Å². The van der Waals surface area contributed by atoms with Gasteiger partial charge in [0.05, 0.1) is 12.3 Å². The highest BCUT2D eigenvalue weighted by atomic mass is 79.9. The smallest absolute Gasteiger partial charge is 0.132 e. The molecule has 0 unspecified atom stereocenters. The van der Waals surface area contributed by atoms with Gasteiger partial charge in [-0.2, -0.15) is 0 Å². The van der Waals surface area contributed by atoms with Crippen LogP contribution < -0.4 is 4.74 Å². The van der Waals surface area contributed by atoms with Gasteiger partial charge < -0.3 is 9.47 Å². The molecule has 4 nitrogen and oxygen atoms in total. The number of para-hydroxylation sites is 1. The molecular formula is C16H19BrN2O2. The van der Waals surface area contributed by atoms with E-state index in [0.29, 0.717) is 13.2 Å². The van der Waals surface area contributed by atoms with E-state index in [2.05, 4.69) is 39.7 Å². The van der Waals surface area contributed by atoms with E-state index < -0.39 is 0 Å². The zero-order valence-corrected chi connectivity index (χ0v) is 14.1. The predicted octanol–water partition coefficient (Wildman–Crippen LogP) is 4.05. The van der Waals surface area contributed by atoms with Crippen molar-refractivity contribution in [2.75, 3.05) is 20.3 Å². The van der Waals surface area contributed by atoms with E-state index in [0.717, 1.165) is 27.4 Å². The van der Waals surface area contributed by atoms with Crippen LogP contribution in [0, 0.1) is 0 Å². The summed E-state index contributed by atoms with van der Waals surface area (Å²) in [7, 11) is 1.66. The Morgan fingerprint density at radius 1 is 1.14 bits per heavy atom. The SMILES string of the molecule is COCCOc1ccccc1-c1cc(Br)nc(C(C)C)n1. The molecule has 0 amide bonds. The zero-order chi connectivity index (χ0) is 15.2. The molecule has 21 heavy (non-hydrogen) atoms. The Morgan fingerprint density at radius 2 is 1.90 bits per heavy atom. The number of hydrogen-bond acceptors (Lipinski definition) is 4. The average Bonchev–Trinajstić information content (AvgIpc) is 2.47. The van der Waals surface area contributed by atoms with Crippen molar-refractivity contribution in [2.45, 2.75) is 19.8 Å². The van der Waals surface area contributed by atoms with Crippen LogP contribution in [0.1, 0.15) is 25.6 Å². The number of rotatable bonds is 6. The quantitative estimate of drug-likeness (QED) is 0.582. The number of hydrogen-bond donors (Lipinski definition) is 0. The number of methoxy groups -OCH3 is 1. The van der Waals surface area contributed by atoms with Gasteiger partial charge in [0.25, 0.3) is 0 Å². The van der Waals surface area contributed by atoms with Crippen LogP contribution in [0.3, 0.4) is 0 Å². The highest BCUT2D eigenvalue weighted by Gasteiger charge is 2.12. The number of aromatic nitrogens is 2. The van der Waals surface area contributed by atoms with Gasteiger partial charge in [0.2, 0.25) is 0 Å². The second-order valence-corrected chi connectivity index (χ2v) is 5.74. The summed E-state index contributed by atoms with van der Waals surface area (Å²) in [4.78, 5) is 9.05. The summed E-state index contributed by atoms with van der Waals surface area (Å²) < 4.78 is 11.6. The molecule has 0 bridgehead atoms. The average molecular weight is 351 g/mol. The Labute approximate surface area is 133 Å². The Morgan fingerprint density at radius 3 is 2.62 bits per heavy atom. The van der Waals surface area contributed by atoms with E-state index in [1.165, 1.54) is 0 Å². The van der Waals surface area contributed by atoms with Crippen LogP contribution >= 0.6 is 15.9 Å². The summed E-state index contributed by atoms with van der Waals surface area (Å²) >= 11 is 3.46. The van der Waals surface area contributed by atoms with E-state index in [9.17, 15) is 0 Å². The molecule has 0 radical (unpaired) electrons. The van der Waals surface area contributed by atoms with Crippen molar-refractivity contribution in [2.24, 2.45) is 0 Å². The number of halogens is 1. The summed E-state index contributed by atoms with van der Waals surface area (Å²) in [5, 5.41) is 0. The third-order valence-corrected chi connectivity index (χ3v) is 3.34. The maximum atomic E-state index is 5.77. The van der Waals surface area contributed by atoms with Gasteiger partial charge in [-0.05, 0) is 34.1 Å². The molecule has 0 aliphatic rings. The second-order valence-electron chi connectivity index (χ2n) is 4.93. The van der Waals surface area contributed by atoms with Gasteiger partial charge in [-0.15, -0.1) is 0 Å². The molecule has 0 saturated heterocycles. The van der Waals surface area contributed by atoms with Gasteiger partial charge in [0, 0.05) is 18.6 Å². The van der Waals surface area contributed by atoms with E-state index in [4.69, 9.17) is 9.47 Å². The highest BCUT2D eigenvalue weighted by molar-refractivity contribution is 9.10. The van der Waals surface area contributed by atoms with Gasteiger partial charge in [-0.3, -0.25) is 0 Å². The topological polar surface area (TPSA) is 44.2 Å². The molecule has 0 saturated carbocycles. The second kappa shape index (κ2) is 7.52. The molecule has 1 aromatic carbocycles. The molecule has 0 aliphatic heterocycles. The third kappa shape index (κ3) is 4.25. The fourth-order valence-electron chi connectivity index (χ4n) is 1.87. The van der Waals surface area contributed by atoms with Crippen molar-refractivity contribution in [1.29, 1.82) is 0 Å². The third-order valence-electron chi connectivity index (χ3n) is 2.94. The number of nitrogens with zero attached hydrogens (tertiary/aromatic N) is 2.